The molecule has 0 aliphatic carbocycles. The number of unbranched alkanes of at least 4 members (excludes halogenated alkanes) is 1. The molecule has 0 amide bonds. The third-order valence-electron chi connectivity index (χ3n) is 7.13. The zero-order valence-electron chi connectivity index (χ0n) is 25.5. The van der Waals surface area contributed by atoms with Gasteiger partial charge in [0, 0.05) is 35.9 Å². The van der Waals surface area contributed by atoms with Gasteiger partial charge in [0.05, 0.1) is 23.6 Å². The van der Waals surface area contributed by atoms with Gasteiger partial charge in [0.25, 0.3) is 0 Å². The van der Waals surface area contributed by atoms with E-state index >= 15 is 0 Å². The third-order valence-corrected chi connectivity index (χ3v) is 7.39. The summed E-state index contributed by atoms with van der Waals surface area (Å²) >= 11 is 6.59. The minimum absolute atomic E-state index is 0. The third kappa shape index (κ3) is 7.32. The number of rotatable bonds is 12. The van der Waals surface area contributed by atoms with Gasteiger partial charge in [-0.1, -0.05) is 76.0 Å². The zero-order valence-corrected chi connectivity index (χ0v) is 29.4. The van der Waals surface area contributed by atoms with Gasteiger partial charge in [-0.2, -0.15) is 0 Å². The van der Waals surface area contributed by atoms with E-state index in [9.17, 15) is 9.59 Å². The first-order valence-electron chi connectivity index (χ1n) is 14.3. The van der Waals surface area contributed by atoms with Crippen molar-refractivity contribution in [3.63, 3.8) is 0 Å². The predicted molar refractivity (Wildman–Crippen MR) is 161 cm³/mol. The van der Waals surface area contributed by atoms with Crippen LogP contribution in [0, 0.1) is 5.92 Å². The second-order valence-electron chi connectivity index (χ2n) is 10.5. The first-order chi connectivity index (χ1) is 20.8. The van der Waals surface area contributed by atoms with Crippen LogP contribution in [0.3, 0.4) is 0 Å². The summed E-state index contributed by atoms with van der Waals surface area (Å²) in [4.78, 5) is 30.1. The number of ether oxygens (including phenoxy) is 2. The second-order valence-corrected chi connectivity index (χ2v) is 10.8. The van der Waals surface area contributed by atoms with Crippen molar-refractivity contribution in [1.82, 2.24) is 34.7 Å². The molecule has 1 unspecified atom stereocenters. The number of benzene rings is 2. The molecule has 0 aliphatic rings. The van der Waals surface area contributed by atoms with E-state index in [-0.39, 0.29) is 74.6 Å². The summed E-state index contributed by atoms with van der Waals surface area (Å²) in [5.74, 6) is -0.283. The van der Waals surface area contributed by atoms with E-state index in [0.29, 0.717) is 24.6 Å². The minimum atomic E-state index is -1.05. The molecule has 0 saturated carbocycles. The van der Waals surface area contributed by atoms with Crippen LogP contribution in [0.2, 0.25) is 5.15 Å². The Morgan fingerprint density at radius 1 is 1.05 bits per heavy atom. The first kappa shape index (κ1) is 34.0. The van der Waals surface area contributed by atoms with Crippen LogP contribution in [0.1, 0.15) is 68.8 Å². The van der Waals surface area contributed by atoms with Crippen molar-refractivity contribution in [3.8, 4) is 17.1 Å². The molecular weight excluding hydrogens is 609 g/mol. The van der Waals surface area contributed by atoms with Crippen LogP contribution in [-0.2, 0) is 27.2 Å². The van der Waals surface area contributed by atoms with Crippen LogP contribution in [-0.4, -0.2) is 47.8 Å². The van der Waals surface area contributed by atoms with Gasteiger partial charge in [0.15, 0.2) is 10.8 Å². The van der Waals surface area contributed by atoms with Crippen molar-refractivity contribution < 1.29 is 70.4 Å². The van der Waals surface area contributed by atoms with Crippen LogP contribution in [0.15, 0.2) is 54.7 Å². The number of hydrogen-bond acceptors (Lipinski definition) is 8. The van der Waals surface area contributed by atoms with Crippen molar-refractivity contribution in [2.24, 2.45) is 5.92 Å². The van der Waals surface area contributed by atoms with E-state index in [1.807, 2.05) is 73.1 Å². The summed E-state index contributed by atoms with van der Waals surface area (Å²) < 4.78 is 15.0. The number of fused-ring (bicyclic) bond motifs is 1. The molecule has 2 aromatic carbocycles. The molecule has 11 nitrogen and oxygen atoms in total. The molecule has 0 spiro atoms. The number of carbonyl (C=O) groups is 2. The molecule has 44 heavy (non-hydrogen) atoms. The van der Waals surface area contributed by atoms with Crippen molar-refractivity contribution >= 4 is 34.4 Å². The number of hydrogen-bond donors (Lipinski definition) is 0. The van der Waals surface area contributed by atoms with E-state index in [2.05, 4.69) is 37.1 Å². The molecule has 3 heterocycles. The number of imidazole rings is 1. The Morgan fingerprint density at radius 2 is 1.84 bits per heavy atom. The summed E-state index contributed by atoms with van der Waals surface area (Å²) in [6.45, 7) is 7.73. The fourth-order valence-corrected chi connectivity index (χ4v) is 5.18. The number of nitrogens with zero attached hydrogens (tertiary/aromatic N) is 7. The Morgan fingerprint density at radius 3 is 2.55 bits per heavy atom. The summed E-state index contributed by atoms with van der Waals surface area (Å²) in [5.41, 5.74) is 3.71. The van der Waals surface area contributed by atoms with Crippen molar-refractivity contribution in [2.45, 2.75) is 66.2 Å². The van der Waals surface area contributed by atoms with Crippen molar-refractivity contribution in [1.29, 1.82) is 0 Å². The zero-order chi connectivity index (χ0) is 30.5. The van der Waals surface area contributed by atoms with E-state index in [0.717, 1.165) is 40.6 Å². The Hall–Kier alpha value is -2.87. The van der Waals surface area contributed by atoms with E-state index in [4.69, 9.17) is 21.1 Å². The number of esters is 2. The molecule has 0 aliphatic heterocycles. The van der Waals surface area contributed by atoms with Crippen molar-refractivity contribution in [3.05, 3.63) is 77.0 Å². The smallest absolute Gasteiger partial charge is 0.425 e. The first-order valence-corrected chi connectivity index (χ1v) is 14.7. The Kier molecular flexibility index (Phi) is 11.9. The Balaban J connectivity index is 0.00000442. The van der Waals surface area contributed by atoms with Gasteiger partial charge in [0.1, 0.15) is 5.82 Å². The molecule has 0 radical (unpaired) electrons. The van der Waals surface area contributed by atoms with Gasteiger partial charge in [-0.15, -0.1) is 0 Å². The van der Waals surface area contributed by atoms with E-state index in [1.165, 1.54) is 0 Å². The van der Waals surface area contributed by atoms with Gasteiger partial charge in [0.2, 0.25) is 6.29 Å². The maximum Gasteiger partial charge on any atom is 1.00 e. The molecule has 5 aromatic rings. The molecule has 0 fully saturated rings. The molecular formula is C31H33ClKN7O4. The van der Waals surface area contributed by atoms with Crippen LogP contribution in [0.4, 0.5) is 0 Å². The number of aryl methyl sites for hydroxylation is 1. The van der Waals surface area contributed by atoms with E-state index < -0.39 is 18.2 Å². The fourth-order valence-electron chi connectivity index (χ4n) is 4.90. The number of carbonyl (C=O) groups excluding carboxylic acids is 2. The quantitative estimate of drug-likeness (QED) is 0.115. The summed E-state index contributed by atoms with van der Waals surface area (Å²) in [5, 5.41) is 16.4. The molecule has 5 rings (SSSR count). The molecule has 3 aromatic heterocycles. The average molecular weight is 642 g/mol. The van der Waals surface area contributed by atoms with E-state index in [1.54, 1.807) is 6.92 Å². The number of aromatic nitrogens is 7. The van der Waals surface area contributed by atoms with Gasteiger partial charge in [-0.25, -0.2) is 14.9 Å². The van der Waals surface area contributed by atoms with Gasteiger partial charge in [-0.05, 0) is 30.2 Å². The molecule has 224 valence electrons. The van der Waals surface area contributed by atoms with Gasteiger partial charge in [-0.3, -0.25) is 15.2 Å². The molecule has 0 bridgehead atoms. The number of halogens is 1. The van der Waals surface area contributed by atoms with Crippen LogP contribution in [0.25, 0.3) is 28.0 Å². The largest absolute Gasteiger partial charge is 1.00 e. The van der Waals surface area contributed by atoms with Gasteiger partial charge >= 0.3 is 63.3 Å². The van der Waals surface area contributed by atoms with Gasteiger partial charge < -0.3 is 23.7 Å². The Bertz CT molecular complexity index is 1730. The molecule has 13 heteroatoms. The average Bonchev–Trinajstić information content (AvgIpc) is 3.75. The summed E-state index contributed by atoms with van der Waals surface area (Å²) in [7, 11) is 0. The Labute approximate surface area is 303 Å². The number of para-hydroxylation sites is 1. The topological polar surface area (TPSA) is 128 Å². The van der Waals surface area contributed by atoms with Crippen LogP contribution in [0.5, 0.6) is 0 Å². The predicted octanol–water partition coefficient (Wildman–Crippen LogP) is 2.78. The molecule has 0 saturated heterocycles. The monoisotopic (exact) mass is 641 g/mol. The number of tetrazole rings is 1. The van der Waals surface area contributed by atoms with Crippen LogP contribution >= 0.6 is 11.6 Å². The maximum absolute atomic E-state index is 13.6. The molecule has 1 atom stereocenters. The second kappa shape index (κ2) is 15.4. The molecule has 0 N–H and O–H groups in total. The summed E-state index contributed by atoms with van der Waals surface area (Å²) in [6.07, 6.45) is 3.56. The fraction of sp³-hybridized carbons (Fsp3) is 0.355. The summed E-state index contributed by atoms with van der Waals surface area (Å²) in [6, 6.07) is 15.8. The maximum atomic E-state index is 13.6. The van der Waals surface area contributed by atoms with Crippen LogP contribution < -0.4 is 56.6 Å². The van der Waals surface area contributed by atoms with Crippen molar-refractivity contribution in [2.75, 3.05) is 0 Å². The standard InChI is InChI=1S/C31H33ClN7O4.K/c1-5-7-15-25-33-28(32)27(30(41)43-31(19(3)4)42-26(40)6-2)39(25)18-20-11-10-14-23-21(20)16-17-38(23)24-13-9-8-12-22(24)29-34-36-37-35-29;/h8-14,16-17,19,31H,5-7,15,18H2,1-4H3;/q-1;+1. The SMILES string of the molecule is CCCCc1nc(Cl)c(C(=O)OC(OC(=O)CC)C(C)C)n1Cc1cccc2c1ccn2-c1ccccc1-c1nn[n-]n1.[K+]. The normalized spacial score (nSPS) is 11.9. The minimum Gasteiger partial charge on any atom is -0.425 e.